The first-order valence-electron chi connectivity index (χ1n) is 28.3. The second-order valence-electron chi connectivity index (χ2n) is 19.7. The Bertz CT molecular complexity index is 1080. The Balaban J connectivity index is 2.20. The Hall–Kier alpha value is -1.56. The van der Waals surface area contributed by atoms with Gasteiger partial charge in [0.25, 0.3) is 0 Å². The van der Waals surface area contributed by atoms with E-state index in [2.05, 4.69) is 26.0 Å². The number of aliphatic hydroxyl groups is 4. The number of carbonyl (C=O) groups excluding carboxylic acids is 2. The van der Waals surface area contributed by atoms with Gasteiger partial charge in [-0.05, 0) is 38.5 Å². The van der Waals surface area contributed by atoms with Gasteiger partial charge in [0.1, 0.15) is 31.0 Å². The molecule has 10 nitrogen and oxygen atoms in total. The summed E-state index contributed by atoms with van der Waals surface area (Å²) in [7, 11) is 0. The van der Waals surface area contributed by atoms with Crippen LogP contribution < -0.4 is 0 Å². The first-order chi connectivity index (χ1) is 32.3. The number of hydrogen-bond donors (Lipinski definition) is 4. The van der Waals surface area contributed by atoms with Crippen LogP contribution in [-0.4, -0.2) is 89.0 Å². The van der Waals surface area contributed by atoms with Crippen LogP contribution in [0.15, 0.2) is 12.2 Å². The molecule has 0 aromatic rings. The molecular formula is C56H106O10. The standard InChI is InChI=1S/C56H106O10/c1-3-5-7-9-11-13-15-17-19-21-23-25-27-29-31-33-35-37-39-41-43-45-52(59)65-49(48-64-56-55(62)54(61)53(60)50(46-57)66-56)47-63-51(58)44-42-40-38-36-34-32-30-28-26-24-22-20-18-16-14-12-10-8-6-4-2/h21,23,49-50,53-57,60-62H,3-20,22,24-48H2,1-2H3/b23-21-. The van der Waals surface area contributed by atoms with Crippen LogP contribution in [-0.2, 0) is 28.5 Å². The molecule has 390 valence electrons. The van der Waals surface area contributed by atoms with Crippen molar-refractivity contribution in [3.05, 3.63) is 12.2 Å². The first-order valence-corrected chi connectivity index (χ1v) is 28.3. The smallest absolute Gasteiger partial charge is 0.306 e. The Morgan fingerprint density at radius 1 is 0.455 bits per heavy atom. The van der Waals surface area contributed by atoms with Crippen molar-refractivity contribution in [2.45, 2.75) is 314 Å². The number of rotatable bonds is 49. The van der Waals surface area contributed by atoms with E-state index in [1.807, 2.05) is 0 Å². The highest BCUT2D eigenvalue weighted by Gasteiger charge is 2.44. The Labute approximate surface area is 405 Å². The zero-order valence-corrected chi connectivity index (χ0v) is 43.0. The molecule has 0 bridgehead atoms. The van der Waals surface area contributed by atoms with Crippen molar-refractivity contribution in [2.75, 3.05) is 19.8 Å². The zero-order chi connectivity index (χ0) is 48.0. The summed E-state index contributed by atoms with van der Waals surface area (Å²) >= 11 is 0. The molecule has 4 N–H and O–H groups in total. The summed E-state index contributed by atoms with van der Waals surface area (Å²) in [6.07, 6.45) is 46.5. The third kappa shape index (κ3) is 37.3. The lowest BCUT2D eigenvalue weighted by Gasteiger charge is -2.39. The van der Waals surface area contributed by atoms with Crippen LogP contribution in [0.5, 0.6) is 0 Å². The van der Waals surface area contributed by atoms with Crippen molar-refractivity contribution in [1.82, 2.24) is 0 Å². The van der Waals surface area contributed by atoms with E-state index < -0.39 is 49.4 Å². The average Bonchev–Trinajstić information content (AvgIpc) is 3.32. The van der Waals surface area contributed by atoms with Gasteiger partial charge in [0.05, 0.1) is 13.2 Å². The van der Waals surface area contributed by atoms with E-state index in [1.54, 1.807) is 0 Å². The maximum atomic E-state index is 12.9. The van der Waals surface area contributed by atoms with Gasteiger partial charge in [-0.1, -0.05) is 238 Å². The van der Waals surface area contributed by atoms with Gasteiger partial charge in [0.2, 0.25) is 0 Å². The van der Waals surface area contributed by atoms with Crippen LogP contribution in [0, 0.1) is 0 Å². The molecule has 0 aliphatic carbocycles. The molecule has 0 spiro atoms. The molecule has 1 aliphatic heterocycles. The molecule has 10 heteroatoms. The van der Waals surface area contributed by atoms with Gasteiger partial charge in [-0.15, -0.1) is 0 Å². The van der Waals surface area contributed by atoms with E-state index in [4.69, 9.17) is 18.9 Å². The van der Waals surface area contributed by atoms with Crippen molar-refractivity contribution in [2.24, 2.45) is 0 Å². The van der Waals surface area contributed by atoms with Gasteiger partial charge in [-0.2, -0.15) is 0 Å². The number of allylic oxidation sites excluding steroid dienone is 2. The van der Waals surface area contributed by atoms with Gasteiger partial charge in [0, 0.05) is 12.8 Å². The monoisotopic (exact) mass is 939 g/mol. The molecule has 6 unspecified atom stereocenters. The van der Waals surface area contributed by atoms with E-state index in [0.717, 1.165) is 38.5 Å². The topological polar surface area (TPSA) is 152 Å². The molecule has 66 heavy (non-hydrogen) atoms. The first kappa shape index (κ1) is 62.5. The van der Waals surface area contributed by atoms with Crippen molar-refractivity contribution in [1.29, 1.82) is 0 Å². The van der Waals surface area contributed by atoms with Crippen LogP contribution in [0.2, 0.25) is 0 Å². The highest BCUT2D eigenvalue weighted by molar-refractivity contribution is 5.70. The van der Waals surface area contributed by atoms with Crippen LogP contribution in [0.3, 0.4) is 0 Å². The second-order valence-corrected chi connectivity index (χ2v) is 19.7. The quantitative estimate of drug-likeness (QED) is 0.0263. The predicted molar refractivity (Wildman–Crippen MR) is 270 cm³/mol. The summed E-state index contributed by atoms with van der Waals surface area (Å²) in [5, 5.41) is 40.3. The Morgan fingerprint density at radius 3 is 1.18 bits per heavy atom. The largest absolute Gasteiger partial charge is 0.462 e. The van der Waals surface area contributed by atoms with E-state index in [-0.39, 0.29) is 32.0 Å². The minimum absolute atomic E-state index is 0.212. The van der Waals surface area contributed by atoms with E-state index in [0.29, 0.717) is 6.42 Å². The van der Waals surface area contributed by atoms with Crippen molar-refractivity contribution in [3.63, 3.8) is 0 Å². The maximum absolute atomic E-state index is 12.9. The number of aliphatic hydroxyl groups excluding tert-OH is 4. The average molecular weight is 939 g/mol. The van der Waals surface area contributed by atoms with Crippen LogP contribution in [0.1, 0.15) is 277 Å². The van der Waals surface area contributed by atoms with E-state index in [1.165, 1.54) is 205 Å². The lowest BCUT2D eigenvalue weighted by molar-refractivity contribution is -0.305. The molecule has 1 heterocycles. The molecule has 0 amide bonds. The molecule has 1 rings (SSSR count). The molecule has 0 saturated carbocycles. The summed E-state index contributed by atoms with van der Waals surface area (Å²) in [6.45, 7) is 3.48. The highest BCUT2D eigenvalue weighted by atomic mass is 16.7. The van der Waals surface area contributed by atoms with Crippen LogP contribution in [0.4, 0.5) is 0 Å². The lowest BCUT2D eigenvalue weighted by atomic mass is 9.99. The van der Waals surface area contributed by atoms with E-state index in [9.17, 15) is 30.0 Å². The fourth-order valence-corrected chi connectivity index (χ4v) is 8.95. The van der Waals surface area contributed by atoms with Crippen molar-refractivity contribution in [3.8, 4) is 0 Å². The predicted octanol–water partition coefficient (Wildman–Crippen LogP) is 13.8. The molecular weight excluding hydrogens is 833 g/mol. The summed E-state index contributed by atoms with van der Waals surface area (Å²) < 4.78 is 22.3. The summed E-state index contributed by atoms with van der Waals surface area (Å²) in [4.78, 5) is 25.5. The second kappa shape index (κ2) is 47.1. The molecule has 0 aromatic carbocycles. The number of hydrogen-bond acceptors (Lipinski definition) is 10. The molecule has 1 fully saturated rings. The summed E-state index contributed by atoms with van der Waals surface area (Å²) in [5.74, 6) is -0.790. The Morgan fingerprint density at radius 2 is 0.803 bits per heavy atom. The lowest BCUT2D eigenvalue weighted by Crippen LogP contribution is -2.59. The Kier molecular flexibility index (Phi) is 44.6. The zero-order valence-electron chi connectivity index (χ0n) is 43.0. The number of ether oxygens (including phenoxy) is 4. The van der Waals surface area contributed by atoms with Gasteiger partial charge in [0.15, 0.2) is 12.4 Å². The normalized spacial score (nSPS) is 19.2. The van der Waals surface area contributed by atoms with Crippen molar-refractivity contribution >= 4 is 11.9 Å². The fraction of sp³-hybridized carbons (Fsp3) is 0.929. The maximum Gasteiger partial charge on any atom is 0.306 e. The molecule has 0 radical (unpaired) electrons. The van der Waals surface area contributed by atoms with E-state index >= 15 is 0 Å². The molecule has 1 saturated heterocycles. The molecule has 6 atom stereocenters. The van der Waals surface area contributed by atoms with Crippen LogP contribution in [0.25, 0.3) is 0 Å². The minimum Gasteiger partial charge on any atom is -0.462 e. The number of esters is 2. The summed E-state index contributed by atoms with van der Waals surface area (Å²) in [6, 6.07) is 0. The number of unbranched alkanes of at least 4 members (excludes halogenated alkanes) is 36. The third-order valence-electron chi connectivity index (χ3n) is 13.4. The SMILES string of the molecule is CCCCCCCCCC/C=C\CCCCCCCCCCCC(=O)OC(COC(=O)CCCCCCCCCCCCCCCCCCCCCC)COC1OC(CO)C(O)C(O)C1O. The van der Waals surface area contributed by atoms with Gasteiger partial charge >= 0.3 is 11.9 Å². The summed E-state index contributed by atoms with van der Waals surface area (Å²) in [5.41, 5.74) is 0. The van der Waals surface area contributed by atoms with Crippen LogP contribution >= 0.6 is 0 Å². The highest BCUT2D eigenvalue weighted by Crippen LogP contribution is 2.23. The molecule has 1 aliphatic rings. The van der Waals surface area contributed by atoms with Gasteiger partial charge < -0.3 is 39.4 Å². The molecule has 0 aromatic heterocycles. The van der Waals surface area contributed by atoms with Crippen molar-refractivity contribution < 1.29 is 49.0 Å². The van der Waals surface area contributed by atoms with Gasteiger partial charge in [-0.3, -0.25) is 9.59 Å². The number of carbonyl (C=O) groups is 2. The van der Waals surface area contributed by atoms with Gasteiger partial charge in [-0.25, -0.2) is 0 Å². The fourth-order valence-electron chi connectivity index (χ4n) is 8.95. The third-order valence-corrected chi connectivity index (χ3v) is 13.4. The minimum atomic E-state index is -1.59.